The molecule has 7 heteroatoms. The first kappa shape index (κ1) is 25.2. The van der Waals surface area contributed by atoms with Crippen molar-refractivity contribution < 1.29 is 23.9 Å². The maximum atomic E-state index is 12.6. The summed E-state index contributed by atoms with van der Waals surface area (Å²) in [5, 5.41) is 5.41. The number of hydrogen-bond acceptors (Lipinski definition) is 5. The summed E-state index contributed by atoms with van der Waals surface area (Å²) in [6.45, 7) is 1.48. The van der Waals surface area contributed by atoms with Crippen LogP contribution in [0.3, 0.4) is 0 Å². The molecule has 0 heterocycles. The number of carbonyl (C=O) groups excluding carboxylic acids is 3. The van der Waals surface area contributed by atoms with Crippen LogP contribution in [-0.4, -0.2) is 24.9 Å². The third-order valence-electron chi connectivity index (χ3n) is 5.64. The largest absolute Gasteiger partial charge is 0.480 e. The lowest BCUT2D eigenvalue weighted by molar-refractivity contribution is 0.0594. The first-order chi connectivity index (χ1) is 17.9. The third kappa shape index (κ3) is 6.41. The van der Waals surface area contributed by atoms with Crippen LogP contribution in [0.1, 0.15) is 44.9 Å². The van der Waals surface area contributed by atoms with Gasteiger partial charge in [-0.25, -0.2) is 9.59 Å². The monoisotopic (exact) mass is 494 g/mol. The van der Waals surface area contributed by atoms with Crippen molar-refractivity contribution in [3.05, 3.63) is 125 Å². The molecule has 0 spiro atoms. The van der Waals surface area contributed by atoms with Crippen LogP contribution in [0, 0.1) is 0 Å². The van der Waals surface area contributed by atoms with Crippen LogP contribution < -0.4 is 15.4 Å². The molecule has 7 nitrogen and oxygen atoms in total. The van der Waals surface area contributed by atoms with Crippen molar-refractivity contribution in [2.45, 2.75) is 13.0 Å². The molecule has 0 saturated carbocycles. The summed E-state index contributed by atoms with van der Waals surface area (Å²) in [6, 6.07) is 30.2. The number of benzene rings is 4. The van der Waals surface area contributed by atoms with Crippen molar-refractivity contribution in [3.63, 3.8) is 0 Å². The van der Waals surface area contributed by atoms with Gasteiger partial charge in [0.25, 0.3) is 0 Å². The van der Waals surface area contributed by atoms with Crippen molar-refractivity contribution in [1.29, 1.82) is 0 Å². The number of hydrogen-bond donors (Lipinski definition) is 2. The Morgan fingerprint density at radius 2 is 1.24 bits per heavy atom. The van der Waals surface area contributed by atoms with Gasteiger partial charge in [0, 0.05) is 16.9 Å². The van der Waals surface area contributed by atoms with Gasteiger partial charge in [0.2, 0.25) is 0 Å². The molecule has 0 radical (unpaired) electrons. The molecule has 37 heavy (non-hydrogen) atoms. The van der Waals surface area contributed by atoms with Crippen LogP contribution in [0.15, 0.2) is 103 Å². The minimum absolute atomic E-state index is 0.0598. The van der Waals surface area contributed by atoms with E-state index in [1.54, 1.807) is 36.4 Å². The summed E-state index contributed by atoms with van der Waals surface area (Å²) < 4.78 is 11.4. The molecule has 0 aliphatic rings. The van der Waals surface area contributed by atoms with Crippen molar-refractivity contribution in [3.8, 4) is 5.75 Å². The van der Waals surface area contributed by atoms with Crippen LogP contribution in [0.4, 0.5) is 16.2 Å². The highest BCUT2D eigenvalue weighted by atomic mass is 16.5. The molecule has 4 aromatic rings. The molecular formula is C30H26N2O5. The zero-order valence-corrected chi connectivity index (χ0v) is 20.4. The molecule has 186 valence electrons. The Labute approximate surface area is 215 Å². The summed E-state index contributed by atoms with van der Waals surface area (Å²) in [5.74, 6) is -0.343. The maximum Gasteiger partial charge on any atom is 0.341 e. The lowest BCUT2D eigenvalue weighted by atomic mass is 10.0. The molecule has 0 aliphatic heterocycles. The zero-order valence-electron chi connectivity index (χ0n) is 20.4. The number of anilines is 2. The number of Topliss-reactive ketones (excluding diaryl/α,β-unsaturated/α-hetero) is 1. The number of ketones is 1. The number of methoxy groups -OCH3 is 1. The number of rotatable bonds is 8. The summed E-state index contributed by atoms with van der Waals surface area (Å²) in [7, 11) is 1.29. The van der Waals surface area contributed by atoms with Crippen molar-refractivity contribution >= 4 is 29.2 Å². The minimum Gasteiger partial charge on any atom is -0.480 e. The second kappa shape index (κ2) is 11.7. The Kier molecular flexibility index (Phi) is 7.95. The van der Waals surface area contributed by atoms with E-state index in [9.17, 15) is 14.4 Å². The molecule has 0 aliphatic carbocycles. The highest BCUT2D eigenvalue weighted by molar-refractivity contribution is 6.02. The van der Waals surface area contributed by atoms with Gasteiger partial charge in [-0.15, -0.1) is 0 Å². The Bertz CT molecular complexity index is 1350. The van der Waals surface area contributed by atoms with Gasteiger partial charge in [0.05, 0.1) is 7.11 Å². The molecule has 4 rings (SSSR count). The fraction of sp³-hybridized carbons (Fsp3) is 0.100. The third-order valence-corrected chi connectivity index (χ3v) is 5.64. The van der Waals surface area contributed by atoms with Gasteiger partial charge in [0.1, 0.15) is 17.4 Å². The maximum absolute atomic E-state index is 12.6. The standard InChI is InChI=1S/C30H26N2O5/c1-20(33)21-13-15-24(16-14-21)31-30(35)32-25-17-18-27(26(19-25)29(34)36-2)37-28(22-9-5-3-6-10-22)23-11-7-4-8-12-23/h3-19,28H,1-2H3,(H2,31,32,35). The number of ether oxygens (including phenoxy) is 2. The van der Waals surface area contributed by atoms with Crippen LogP contribution >= 0.6 is 0 Å². The quantitative estimate of drug-likeness (QED) is 0.216. The number of carbonyl (C=O) groups is 3. The van der Waals surface area contributed by atoms with Crippen molar-refractivity contribution in [2.24, 2.45) is 0 Å². The minimum atomic E-state index is -0.598. The van der Waals surface area contributed by atoms with E-state index in [-0.39, 0.29) is 11.3 Å². The number of nitrogens with one attached hydrogen (secondary N) is 2. The van der Waals surface area contributed by atoms with Gasteiger partial charge in [-0.1, -0.05) is 60.7 Å². The highest BCUT2D eigenvalue weighted by Gasteiger charge is 2.21. The van der Waals surface area contributed by atoms with E-state index in [1.165, 1.54) is 20.1 Å². The van der Waals surface area contributed by atoms with E-state index in [1.807, 2.05) is 60.7 Å². The molecule has 0 bridgehead atoms. The summed E-state index contributed by atoms with van der Waals surface area (Å²) in [4.78, 5) is 36.6. The van der Waals surface area contributed by atoms with E-state index in [0.717, 1.165) is 11.1 Å². The van der Waals surface area contributed by atoms with Gasteiger partial charge in [-0.2, -0.15) is 0 Å². The number of amides is 2. The van der Waals surface area contributed by atoms with Gasteiger partial charge in [0.15, 0.2) is 5.78 Å². The summed E-state index contributed by atoms with van der Waals surface area (Å²) in [6.07, 6.45) is -0.467. The normalized spacial score (nSPS) is 10.5. The van der Waals surface area contributed by atoms with Gasteiger partial charge in [-0.3, -0.25) is 4.79 Å². The first-order valence-electron chi connectivity index (χ1n) is 11.6. The Morgan fingerprint density at radius 1 is 0.703 bits per heavy atom. The molecule has 0 atom stereocenters. The average molecular weight is 495 g/mol. The lowest BCUT2D eigenvalue weighted by Gasteiger charge is -2.22. The lowest BCUT2D eigenvalue weighted by Crippen LogP contribution is -2.20. The summed E-state index contributed by atoms with van der Waals surface area (Å²) >= 11 is 0. The smallest absolute Gasteiger partial charge is 0.341 e. The van der Waals surface area contributed by atoms with Crippen LogP contribution in [0.25, 0.3) is 0 Å². The SMILES string of the molecule is COC(=O)c1cc(NC(=O)Nc2ccc(C(C)=O)cc2)ccc1OC(c1ccccc1)c1ccccc1. The number of urea groups is 1. The van der Waals surface area contributed by atoms with Gasteiger partial charge < -0.3 is 20.1 Å². The average Bonchev–Trinajstić information content (AvgIpc) is 2.93. The van der Waals surface area contributed by atoms with Crippen LogP contribution in [0.5, 0.6) is 5.75 Å². The predicted molar refractivity (Wildman–Crippen MR) is 142 cm³/mol. The molecule has 0 fully saturated rings. The number of esters is 1. The van der Waals surface area contributed by atoms with E-state index in [2.05, 4.69) is 10.6 Å². The van der Waals surface area contributed by atoms with Gasteiger partial charge >= 0.3 is 12.0 Å². The molecule has 2 N–H and O–H groups in total. The zero-order chi connectivity index (χ0) is 26.2. The van der Waals surface area contributed by atoms with Crippen LogP contribution in [-0.2, 0) is 4.74 Å². The van der Waals surface area contributed by atoms with Crippen LogP contribution in [0.2, 0.25) is 0 Å². The molecule has 0 unspecified atom stereocenters. The van der Waals surface area contributed by atoms with Crippen molar-refractivity contribution in [1.82, 2.24) is 0 Å². The van der Waals surface area contributed by atoms with E-state index in [0.29, 0.717) is 22.7 Å². The highest BCUT2D eigenvalue weighted by Crippen LogP contribution is 2.32. The Morgan fingerprint density at radius 3 is 1.78 bits per heavy atom. The van der Waals surface area contributed by atoms with E-state index in [4.69, 9.17) is 9.47 Å². The Balaban J connectivity index is 1.57. The molecule has 0 saturated heterocycles. The first-order valence-corrected chi connectivity index (χ1v) is 11.6. The fourth-order valence-electron chi connectivity index (χ4n) is 3.77. The molecule has 0 aromatic heterocycles. The van der Waals surface area contributed by atoms with E-state index >= 15 is 0 Å². The molecule has 2 amide bonds. The second-order valence-electron chi connectivity index (χ2n) is 8.23. The topological polar surface area (TPSA) is 93.7 Å². The predicted octanol–water partition coefficient (Wildman–Crippen LogP) is 6.49. The fourth-order valence-corrected chi connectivity index (χ4v) is 3.77. The summed E-state index contributed by atoms with van der Waals surface area (Å²) in [5.41, 5.74) is 3.45. The molecular weight excluding hydrogens is 468 g/mol. The van der Waals surface area contributed by atoms with E-state index < -0.39 is 18.1 Å². The van der Waals surface area contributed by atoms with Gasteiger partial charge in [-0.05, 0) is 60.5 Å². The molecule has 4 aromatic carbocycles. The Hall–Kier alpha value is -4.91. The second-order valence-corrected chi connectivity index (χ2v) is 8.23. The van der Waals surface area contributed by atoms with Crippen molar-refractivity contribution in [2.75, 3.05) is 17.7 Å².